The molecule has 0 unspecified atom stereocenters. The first-order chi connectivity index (χ1) is 16.3. The van der Waals surface area contributed by atoms with Gasteiger partial charge in [-0.1, -0.05) is 92.2 Å². The van der Waals surface area contributed by atoms with Gasteiger partial charge in [-0.25, -0.2) is 4.39 Å². The van der Waals surface area contributed by atoms with Crippen molar-refractivity contribution in [3.8, 4) is 0 Å². The van der Waals surface area contributed by atoms with E-state index in [9.17, 15) is 14.0 Å². The van der Waals surface area contributed by atoms with Crippen molar-refractivity contribution in [2.24, 2.45) is 5.92 Å². The third-order valence-electron chi connectivity index (χ3n) is 5.69. The smallest absolute Gasteiger partial charge is 0.243 e. The van der Waals surface area contributed by atoms with E-state index in [0.717, 1.165) is 16.7 Å². The maximum absolute atomic E-state index is 14.6. The van der Waals surface area contributed by atoms with Gasteiger partial charge >= 0.3 is 0 Å². The van der Waals surface area contributed by atoms with E-state index in [1.165, 1.54) is 11.0 Å². The molecule has 4 nitrogen and oxygen atoms in total. The SMILES string of the molecule is Cc1cccc(CC(=O)N(Cc2ccccc2F)[C@H](Cc2ccccc2)C(=O)NCC(C)C)c1. The van der Waals surface area contributed by atoms with Gasteiger partial charge < -0.3 is 10.2 Å². The zero-order valence-electron chi connectivity index (χ0n) is 20.1. The lowest BCUT2D eigenvalue weighted by molar-refractivity contribution is -0.140. The second-order valence-electron chi connectivity index (χ2n) is 9.12. The first kappa shape index (κ1) is 25.2. The van der Waals surface area contributed by atoms with Crippen molar-refractivity contribution in [1.82, 2.24) is 10.2 Å². The Balaban J connectivity index is 1.97. The number of carbonyl (C=O) groups is 2. The molecule has 0 aliphatic rings. The average Bonchev–Trinajstić information content (AvgIpc) is 2.81. The zero-order chi connectivity index (χ0) is 24.5. The maximum Gasteiger partial charge on any atom is 0.243 e. The van der Waals surface area contributed by atoms with Crippen molar-refractivity contribution >= 4 is 11.8 Å². The Morgan fingerprint density at radius 1 is 0.912 bits per heavy atom. The van der Waals surface area contributed by atoms with Crippen LogP contribution in [0.5, 0.6) is 0 Å². The predicted molar refractivity (Wildman–Crippen MR) is 134 cm³/mol. The zero-order valence-corrected chi connectivity index (χ0v) is 20.1. The van der Waals surface area contributed by atoms with Gasteiger partial charge in [0.1, 0.15) is 11.9 Å². The second kappa shape index (κ2) is 12.1. The van der Waals surface area contributed by atoms with Crippen LogP contribution in [0.1, 0.15) is 36.1 Å². The summed E-state index contributed by atoms with van der Waals surface area (Å²) in [6.45, 7) is 6.54. The molecule has 5 heteroatoms. The highest BCUT2D eigenvalue weighted by Crippen LogP contribution is 2.18. The number of carbonyl (C=O) groups excluding carboxylic acids is 2. The normalized spacial score (nSPS) is 11.8. The Kier molecular flexibility index (Phi) is 8.97. The third kappa shape index (κ3) is 7.27. The van der Waals surface area contributed by atoms with Gasteiger partial charge in [-0.15, -0.1) is 0 Å². The number of halogens is 1. The van der Waals surface area contributed by atoms with E-state index >= 15 is 0 Å². The maximum atomic E-state index is 14.6. The van der Waals surface area contributed by atoms with Crippen molar-refractivity contribution in [1.29, 1.82) is 0 Å². The standard InChI is InChI=1S/C29H33FN2O2/c1-21(2)19-31-29(34)27(17-23-11-5-4-6-12-23)32(20-25-14-7-8-15-26(25)30)28(33)18-24-13-9-10-22(3)16-24/h4-16,21,27H,17-20H2,1-3H3,(H,31,34)/t27-/m1/s1. The van der Waals surface area contributed by atoms with Crippen LogP contribution < -0.4 is 5.32 Å². The van der Waals surface area contributed by atoms with Crippen LogP contribution in [0.15, 0.2) is 78.9 Å². The van der Waals surface area contributed by atoms with Crippen molar-refractivity contribution in [3.63, 3.8) is 0 Å². The molecule has 3 aromatic carbocycles. The van der Waals surface area contributed by atoms with Gasteiger partial charge in [0.25, 0.3) is 0 Å². The Labute approximate surface area is 201 Å². The summed E-state index contributed by atoms with van der Waals surface area (Å²) in [7, 11) is 0. The van der Waals surface area contributed by atoms with Crippen LogP contribution in [-0.4, -0.2) is 29.3 Å². The summed E-state index contributed by atoms with van der Waals surface area (Å²) in [5.41, 5.74) is 3.25. The fourth-order valence-electron chi connectivity index (χ4n) is 3.88. The lowest BCUT2D eigenvalue weighted by Gasteiger charge is -2.32. The van der Waals surface area contributed by atoms with Crippen LogP contribution in [0.2, 0.25) is 0 Å². The van der Waals surface area contributed by atoms with Crippen LogP contribution >= 0.6 is 0 Å². The Morgan fingerprint density at radius 3 is 2.26 bits per heavy atom. The number of aryl methyl sites for hydroxylation is 1. The monoisotopic (exact) mass is 460 g/mol. The molecule has 3 aromatic rings. The molecular weight excluding hydrogens is 427 g/mol. The minimum Gasteiger partial charge on any atom is -0.354 e. The molecule has 0 aromatic heterocycles. The molecule has 0 aliphatic heterocycles. The molecule has 1 atom stereocenters. The summed E-state index contributed by atoms with van der Waals surface area (Å²) in [5, 5.41) is 2.98. The minimum atomic E-state index is -0.766. The highest BCUT2D eigenvalue weighted by Gasteiger charge is 2.31. The second-order valence-corrected chi connectivity index (χ2v) is 9.12. The molecule has 0 radical (unpaired) electrons. The summed E-state index contributed by atoms with van der Waals surface area (Å²) in [6, 6.07) is 23.0. The van der Waals surface area contributed by atoms with E-state index in [-0.39, 0.29) is 30.7 Å². The van der Waals surface area contributed by atoms with E-state index in [1.54, 1.807) is 18.2 Å². The lowest BCUT2D eigenvalue weighted by atomic mass is 10.0. The quantitative estimate of drug-likeness (QED) is 0.458. The number of rotatable bonds is 10. The van der Waals surface area contributed by atoms with E-state index in [2.05, 4.69) is 5.32 Å². The topological polar surface area (TPSA) is 49.4 Å². The van der Waals surface area contributed by atoms with E-state index in [4.69, 9.17) is 0 Å². The van der Waals surface area contributed by atoms with Gasteiger partial charge in [0.05, 0.1) is 6.42 Å². The van der Waals surface area contributed by atoms with Crippen molar-refractivity contribution < 1.29 is 14.0 Å². The van der Waals surface area contributed by atoms with Gasteiger partial charge in [-0.3, -0.25) is 9.59 Å². The molecule has 2 amide bonds. The average molecular weight is 461 g/mol. The number of amides is 2. The molecular formula is C29H33FN2O2. The summed E-state index contributed by atoms with van der Waals surface area (Å²) in [5.74, 6) is -0.567. The van der Waals surface area contributed by atoms with Gasteiger partial charge in [0.2, 0.25) is 11.8 Å². The van der Waals surface area contributed by atoms with Gasteiger partial charge in [-0.05, 0) is 30.0 Å². The van der Waals surface area contributed by atoms with Crippen LogP contribution in [0.25, 0.3) is 0 Å². The van der Waals surface area contributed by atoms with Gasteiger partial charge in [0, 0.05) is 25.1 Å². The largest absolute Gasteiger partial charge is 0.354 e. The Hall–Kier alpha value is -3.47. The van der Waals surface area contributed by atoms with Gasteiger partial charge in [0.15, 0.2) is 0 Å². The highest BCUT2D eigenvalue weighted by molar-refractivity contribution is 5.88. The molecule has 0 aliphatic carbocycles. The molecule has 34 heavy (non-hydrogen) atoms. The number of hydrogen-bond acceptors (Lipinski definition) is 2. The van der Waals surface area contributed by atoms with E-state index in [0.29, 0.717) is 18.5 Å². The molecule has 0 saturated carbocycles. The Morgan fingerprint density at radius 2 is 1.59 bits per heavy atom. The third-order valence-corrected chi connectivity index (χ3v) is 5.69. The summed E-state index contributed by atoms with van der Waals surface area (Å²) >= 11 is 0. The van der Waals surface area contributed by atoms with Crippen LogP contribution in [-0.2, 0) is 29.0 Å². The van der Waals surface area contributed by atoms with Gasteiger partial charge in [-0.2, -0.15) is 0 Å². The van der Waals surface area contributed by atoms with Crippen molar-refractivity contribution in [3.05, 3.63) is 107 Å². The molecule has 3 rings (SSSR count). The molecule has 0 bridgehead atoms. The first-order valence-corrected chi connectivity index (χ1v) is 11.7. The minimum absolute atomic E-state index is 0.0178. The molecule has 0 saturated heterocycles. The van der Waals surface area contributed by atoms with Crippen LogP contribution in [0.4, 0.5) is 4.39 Å². The summed E-state index contributed by atoms with van der Waals surface area (Å²) < 4.78 is 14.6. The number of hydrogen-bond donors (Lipinski definition) is 1. The van der Waals surface area contributed by atoms with Crippen LogP contribution in [0.3, 0.4) is 0 Å². The van der Waals surface area contributed by atoms with E-state index in [1.807, 2.05) is 75.4 Å². The number of benzene rings is 3. The highest BCUT2D eigenvalue weighted by atomic mass is 19.1. The fourth-order valence-corrected chi connectivity index (χ4v) is 3.88. The Bertz CT molecular complexity index is 1100. The van der Waals surface area contributed by atoms with E-state index < -0.39 is 11.9 Å². The number of nitrogens with zero attached hydrogens (tertiary/aromatic N) is 1. The summed E-state index contributed by atoms with van der Waals surface area (Å²) in [4.78, 5) is 28.5. The fraction of sp³-hybridized carbons (Fsp3) is 0.310. The lowest BCUT2D eigenvalue weighted by Crippen LogP contribution is -2.51. The molecule has 0 fully saturated rings. The first-order valence-electron chi connectivity index (χ1n) is 11.7. The molecule has 0 spiro atoms. The van der Waals surface area contributed by atoms with Crippen LogP contribution in [0, 0.1) is 18.7 Å². The molecule has 0 heterocycles. The van der Waals surface area contributed by atoms with Crippen molar-refractivity contribution in [2.75, 3.05) is 6.54 Å². The molecule has 1 N–H and O–H groups in total. The number of nitrogens with one attached hydrogen (secondary N) is 1. The molecule has 178 valence electrons. The van der Waals surface area contributed by atoms with Crippen molar-refractivity contribution in [2.45, 2.75) is 46.2 Å². The summed E-state index contributed by atoms with van der Waals surface area (Å²) in [6.07, 6.45) is 0.484. The predicted octanol–water partition coefficient (Wildman–Crippen LogP) is 5.09.